The zero-order valence-corrected chi connectivity index (χ0v) is 20.0. The summed E-state index contributed by atoms with van der Waals surface area (Å²) < 4.78 is 5.65. The van der Waals surface area contributed by atoms with E-state index in [0.717, 1.165) is 5.56 Å². The number of carbonyl (C=O) groups is 2. The molecule has 0 spiro atoms. The van der Waals surface area contributed by atoms with Crippen LogP contribution in [-0.2, 0) is 9.59 Å². The van der Waals surface area contributed by atoms with Gasteiger partial charge >= 0.3 is 0 Å². The summed E-state index contributed by atoms with van der Waals surface area (Å²) in [6.07, 6.45) is 0. The van der Waals surface area contributed by atoms with E-state index in [0.29, 0.717) is 40.1 Å². The number of rotatable bonds is 6. The minimum absolute atomic E-state index is 0.00820. The van der Waals surface area contributed by atoms with E-state index < -0.39 is 17.7 Å². The lowest BCUT2D eigenvalue weighted by molar-refractivity contribution is -0.132. The highest BCUT2D eigenvalue weighted by atomic mass is 35.5. The Kier molecular flexibility index (Phi) is 6.75. The average Bonchev–Trinajstić information content (AvgIpc) is 3.09. The number of ketones is 1. The number of amides is 1. The highest BCUT2D eigenvalue weighted by molar-refractivity contribution is 6.51. The molecule has 1 unspecified atom stereocenters. The fourth-order valence-electron chi connectivity index (χ4n) is 4.17. The first-order valence-corrected chi connectivity index (χ1v) is 11.6. The van der Waals surface area contributed by atoms with Crippen LogP contribution in [0.1, 0.15) is 49.4 Å². The monoisotopic (exact) mass is 475 g/mol. The summed E-state index contributed by atoms with van der Waals surface area (Å²) in [7, 11) is 0. The Hall–Kier alpha value is -3.57. The first-order valence-electron chi connectivity index (χ1n) is 11.2. The maximum absolute atomic E-state index is 13.3. The third-order valence-corrected chi connectivity index (χ3v) is 6.10. The Morgan fingerprint density at radius 1 is 1.03 bits per heavy atom. The molecule has 1 aliphatic heterocycles. The van der Waals surface area contributed by atoms with Crippen LogP contribution in [0.3, 0.4) is 0 Å². The fourth-order valence-corrected chi connectivity index (χ4v) is 4.36. The minimum atomic E-state index is -0.829. The first kappa shape index (κ1) is 23.6. The zero-order valence-electron chi connectivity index (χ0n) is 19.3. The molecule has 0 aromatic heterocycles. The van der Waals surface area contributed by atoms with E-state index in [1.54, 1.807) is 30.3 Å². The van der Waals surface area contributed by atoms with Crippen LogP contribution in [0, 0.1) is 0 Å². The molecule has 6 heteroatoms. The summed E-state index contributed by atoms with van der Waals surface area (Å²) in [6.45, 7) is 6.54. The van der Waals surface area contributed by atoms with Gasteiger partial charge in [0.15, 0.2) is 0 Å². The predicted octanol–water partition coefficient (Wildman–Crippen LogP) is 6.49. The van der Waals surface area contributed by atoms with Crippen LogP contribution in [0.25, 0.3) is 5.76 Å². The van der Waals surface area contributed by atoms with Crippen LogP contribution < -0.4 is 9.64 Å². The Balaban J connectivity index is 1.92. The van der Waals surface area contributed by atoms with Gasteiger partial charge in [-0.15, -0.1) is 0 Å². The molecule has 1 fully saturated rings. The lowest BCUT2D eigenvalue weighted by atomic mass is 9.94. The highest BCUT2D eigenvalue weighted by Gasteiger charge is 2.47. The van der Waals surface area contributed by atoms with E-state index in [1.807, 2.05) is 49.4 Å². The van der Waals surface area contributed by atoms with Crippen LogP contribution >= 0.6 is 11.6 Å². The van der Waals surface area contributed by atoms with Crippen LogP contribution in [0.15, 0.2) is 78.4 Å². The second-order valence-corrected chi connectivity index (χ2v) is 8.87. The van der Waals surface area contributed by atoms with E-state index in [-0.39, 0.29) is 11.3 Å². The molecule has 0 bridgehead atoms. The smallest absolute Gasteiger partial charge is 0.300 e. The number of aliphatic hydroxyl groups excluding tert-OH is 1. The van der Waals surface area contributed by atoms with Gasteiger partial charge in [0.05, 0.1) is 18.2 Å². The van der Waals surface area contributed by atoms with Gasteiger partial charge in [-0.1, -0.05) is 61.8 Å². The molecule has 34 heavy (non-hydrogen) atoms. The molecule has 3 aromatic carbocycles. The summed E-state index contributed by atoms with van der Waals surface area (Å²) in [6, 6.07) is 20.5. The molecule has 174 valence electrons. The number of nitrogens with zero attached hydrogens (tertiary/aromatic N) is 1. The van der Waals surface area contributed by atoms with Crippen molar-refractivity contribution in [2.75, 3.05) is 11.5 Å². The Morgan fingerprint density at radius 3 is 2.38 bits per heavy atom. The van der Waals surface area contributed by atoms with Gasteiger partial charge in [-0.05, 0) is 60.4 Å². The van der Waals surface area contributed by atoms with Crippen LogP contribution in [-0.4, -0.2) is 23.4 Å². The van der Waals surface area contributed by atoms with Crippen molar-refractivity contribution in [1.82, 2.24) is 0 Å². The maximum atomic E-state index is 13.3. The SMILES string of the molecule is CCOc1cccc(C2/C(=C(/O)c3cccc(Cl)c3)C(=O)C(=O)N2c2ccc(C(C)C)cc2)c1. The third-order valence-electron chi connectivity index (χ3n) is 5.87. The molecule has 1 N–H and O–H groups in total. The summed E-state index contributed by atoms with van der Waals surface area (Å²) in [5.74, 6) is -0.784. The number of hydrogen-bond donors (Lipinski definition) is 1. The summed E-state index contributed by atoms with van der Waals surface area (Å²) in [5, 5.41) is 11.6. The number of ether oxygens (including phenoxy) is 1. The number of hydrogen-bond acceptors (Lipinski definition) is 4. The molecule has 0 aliphatic carbocycles. The van der Waals surface area contributed by atoms with Gasteiger partial charge < -0.3 is 9.84 Å². The van der Waals surface area contributed by atoms with Crippen molar-refractivity contribution in [1.29, 1.82) is 0 Å². The standard InChI is InChI=1S/C28H26ClNO4/c1-4-34-23-10-6-7-19(16-23)25-24(26(31)20-8-5-9-21(29)15-20)27(32)28(33)30(25)22-13-11-18(12-14-22)17(2)3/h5-17,25,31H,4H2,1-3H3/b26-24-. The number of anilines is 1. The van der Waals surface area contributed by atoms with Gasteiger partial charge in [0.25, 0.3) is 11.7 Å². The highest BCUT2D eigenvalue weighted by Crippen LogP contribution is 2.43. The molecular weight excluding hydrogens is 450 g/mol. The number of halogens is 1. The van der Waals surface area contributed by atoms with Crippen molar-refractivity contribution in [3.8, 4) is 5.75 Å². The van der Waals surface area contributed by atoms with Gasteiger partial charge in [0.1, 0.15) is 11.5 Å². The van der Waals surface area contributed by atoms with Crippen molar-refractivity contribution in [3.63, 3.8) is 0 Å². The molecular formula is C28H26ClNO4. The second kappa shape index (κ2) is 9.74. The van der Waals surface area contributed by atoms with Crippen LogP contribution in [0.4, 0.5) is 5.69 Å². The molecule has 1 heterocycles. The minimum Gasteiger partial charge on any atom is -0.507 e. The third kappa shape index (κ3) is 4.44. The molecule has 1 amide bonds. The zero-order chi connectivity index (χ0) is 24.4. The van der Waals surface area contributed by atoms with Crippen molar-refractivity contribution >= 4 is 34.7 Å². The molecule has 0 saturated carbocycles. The van der Waals surface area contributed by atoms with Gasteiger partial charge in [0, 0.05) is 16.3 Å². The lowest BCUT2D eigenvalue weighted by Gasteiger charge is -2.26. The molecule has 5 nitrogen and oxygen atoms in total. The number of benzene rings is 3. The molecule has 0 radical (unpaired) electrons. The van der Waals surface area contributed by atoms with Crippen molar-refractivity contribution in [3.05, 3.63) is 100 Å². The number of carbonyl (C=O) groups excluding carboxylic acids is 2. The maximum Gasteiger partial charge on any atom is 0.300 e. The topological polar surface area (TPSA) is 66.8 Å². The number of Topliss-reactive ketones (excluding diaryl/α,β-unsaturated/α-hetero) is 1. The van der Waals surface area contributed by atoms with Gasteiger partial charge in [-0.2, -0.15) is 0 Å². The van der Waals surface area contributed by atoms with Crippen LogP contribution in [0.2, 0.25) is 5.02 Å². The van der Waals surface area contributed by atoms with E-state index in [9.17, 15) is 14.7 Å². The quantitative estimate of drug-likeness (QED) is 0.251. The molecule has 1 saturated heterocycles. The molecule has 1 aliphatic rings. The Labute approximate surface area is 204 Å². The van der Waals surface area contributed by atoms with Crippen molar-refractivity contribution in [2.24, 2.45) is 0 Å². The molecule has 3 aromatic rings. The predicted molar refractivity (Wildman–Crippen MR) is 134 cm³/mol. The van der Waals surface area contributed by atoms with Gasteiger partial charge in [-0.25, -0.2) is 0 Å². The lowest BCUT2D eigenvalue weighted by Crippen LogP contribution is -2.29. The first-order chi connectivity index (χ1) is 16.3. The largest absolute Gasteiger partial charge is 0.507 e. The molecule has 4 rings (SSSR count). The summed E-state index contributed by atoms with van der Waals surface area (Å²) in [4.78, 5) is 28.0. The Bertz CT molecular complexity index is 1260. The van der Waals surface area contributed by atoms with E-state index in [4.69, 9.17) is 16.3 Å². The van der Waals surface area contributed by atoms with Crippen molar-refractivity contribution in [2.45, 2.75) is 32.7 Å². The van der Waals surface area contributed by atoms with E-state index in [2.05, 4.69) is 13.8 Å². The van der Waals surface area contributed by atoms with Gasteiger partial charge in [0.2, 0.25) is 0 Å². The van der Waals surface area contributed by atoms with E-state index in [1.165, 1.54) is 4.90 Å². The Morgan fingerprint density at radius 2 is 1.74 bits per heavy atom. The fraction of sp³-hybridized carbons (Fsp3) is 0.214. The van der Waals surface area contributed by atoms with Crippen molar-refractivity contribution < 1.29 is 19.4 Å². The van der Waals surface area contributed by atoms with E-state index >= 15 is 0 Å². The van der Waals surface area contributed by atoms with Gasteiger partial charge in [-0.3, -0.25) is 14.5 Å². The molecule has 1 atom stereocenters. The van der Waals surface area contributed by atoms with Crippen LogP contribution in [0.5, 0.6) is 5.75 Å². The second-order valence-electron chi connectivity index (χ2n) is 8.43. The normalized spacial score (nSPS) is 17.4. The summed E-state index contributed by atoms with van der Waals surface area (Å²) in [5.41, 5.74) is 2.72. The average molecular weight is 476 g/mol. The number of aliphatic hydroxyl groups is 1. The summed E-state index contributed by atoms with van der Waals surface area (Å²) >= 11 is 6.12.